The van der Waals surface area contributed by atoms with Crippen LogP contribution < -0.4 is 5.32 Å². The summed E-state index contributed by atoms with van der Waals surface area (Å²) < 4.78 is 4.72. The Morgan fingerprint density at radius 1 is 1.40 bits per heavy atom. The zero-order chi connectivity index (χ0) is 15.2. The Labute approximate surface area is 120 Å². The normalized spacial score (nSPS) is 11.0. The molecule has 1 heterocycles. The molecule has 0 radical (unpaired) electrons. The predicted octanol–water partition coefficient (Wildman–Crippen LogP) is 0.208. The van der Waals surface area contributed by atoms with E-state index < -0.39 is 37.1 Å². The minimum Gasteiger partial charge on any atom is -0.455 e. The fraction of sp³-hybridized carbons (Fsp3) is 0.417. The topological polar surface area (TPSA) is 109 Å². The standard InChI is InChI=1S/C12H15ClN2O5/c1-12(6-16,7-17)11(19)20-5-10(18)15-9-3-2-8(13)4-14-9/h2-4,16-17H,5-7H2,1H3,(H,14,15,18). The van der Waals surface area contributed by atoms with E-state index >= 15 is 0 Å². The van der Waals surface area contributed by atoms with Gasteiger partial charge >= 0.3 is 5.97 Å². The van der Waals surface area contributed by atoms with E-state index in [-0.39, 0.29) is 5.82 Å². The number of hydrogen-bond acceptors (Lipinski definition) is 6. The molecule has 3 N–H and O–H groups in total. The molecule has 0 aliphatic carbocycles. The molecular formula is C12H15ClN2O5. The Balaban J connectivity index is 2.47. The SMILES string of the molecule is CC(CO)(CO)C(=O)OCC(=O)Nc1ccc(Cl)cn1. The van der Waals surface area contributed by atoms with E-state index in [0.29, 0.717) is 5.02 Å². The lowest BCUT2D eigenvalue weighted by Gasteiger charge is -2.21. The molecular weight excluding hydrogens is 288 g/mol. The van der Waals surface area contributed by atoms with Crippen LogP contribution in [-0.2, 0) is 14.3 Å². The predicted molar refractivity (Wildman–Crippen MR) is 71.1 cm³/mol. The number of hydrogen-bond donors (Lipinski definition) is 3. The average molecular weight is 303 g/mol. The summed E-state index contributed by atoms with van der Waals surface area (Å²) in [6, 6.07) is 3.04. The first kappa shape index (κ1) is 16.4. The smallest absolute Gasteiger partial charge is 0.317 e. The molecule has 0 fully saturated rings. The second-order valence-corrected chi connectivity index (χ2v) is 4.80. The maximum atomic E-state index is 11.6. The lowest BCUT2D eigenvalue weighted by atomic mass is 9.93. The number of aliphatic hydroxyl groups is 2. The number of ether oxygens (including phenoxy) is 1. The van der Waals surface area contributed by atoms with Crippen molar-refractivity contribution in [2.24, 2.45) is 5.41 Å². The van der Waals surface area contributed by atoms with E-state index in [1.807, 2.05) is 0 Å². The van der Waals surface area contributed by atoms with Gasteiger partial charge in [-0.2, -0.15) is 0 Å². The van der Waals surface area contributed by atoms with Crippen molar-refractivity contribution in [3.63, 3.8) is 0 Å². The molecule has 110 valence electrons. The highest BCUT2D eigenvalue weighted by molar-refractivity contribution is 6.30. The van der Waals surface area contributed by atoms with Crippen LogP contribution in [0.5, 0.6) is 0 Å². The third-order valence-corrected chi connectivity index (χ3v) is 2.74. The number of esters is 1. The first-order valence-electron chi connectivity index (χ1n) is 5.71. The third-order valence-electron chi connectivity index (χ3n) is 2.52. The van der Waals surface area contributed by atoms with E-state index in [4.69, 9.17) is 26.6 Å². The van der Waals surface area contributed by atoms with Gasteiger partial charge in [0.25, 0.3) is 5.91 Å². The molecule has 0 aromatic carbocycles. The van der Waals surface area contributed by atoms with Gasteiger partial charge in [0.15, 0.2) is 6.61 Å². The zero-order valence-electron chi connectivity index (χ0n) is 10.8. The van der Waals surface area contributed by atoms with Crippen LogP contribution in [0.15, 0.2) is 18.3 Å². The van der Waals surface area contributed by atoms with Crippen molar-refractivity contribution in [3.8, 4) is 0 Å². The Hall–Kier alpha value is -1.70. The van der Waals surface area contributed by atoms with E-state index in [2.05, 4.69) is 10.3 Å². The molecule has 20 heavy (non-hydrogen) atoms. The fourth-order valence-corrected chi connectivity index (χ4v) is 1.22. The second kappa shape index (κ2) is 7.18. The summed E-state index contributed by atoms with van der Waals surface area (Å²) in [7, 11) is 0. The van der Waals surface area contributed by atoms with Crippen LogP contribution in [0.25, 0.3) is 0 Å². The number of aliphatic hydroxyl groups excluding tert-OH is 2. The number of carbonyl (C=O) groups excluding carboxylic acids is 2. The van der Waals surface area contributed by atoms with Crippen molar-refractivity contribution in [1.29, 1.82) is 0 Å². The molecule has 1 amide bonds. The summed E-state index contributed by atoms with van der Waals surface area (Å²) in [6.07, 6.45) is 1.36. The van der Waals surface area contributed by atoms with E-state index in [0.717, 1.165) is 0 Å². The van der Waals surface area contributed by atoms with Crippen molar-refractivity contribution < 1.29 is 24.5 Å². The summed E-state index contributed by atoms with van der Waals surface area (Å²) in [5, 5.41) is 20.8. The monoisotopic (exact) mass is 302 g/mol. The van der Waals surface area contributed by atoms with Crippen LogP contribution in [0.4, 0.5) is 5.82 Å². The number of anilines is 1. The van der Waals surface area contributed by atoms with Gasteiger partial charge in [-0.1, -0.05) is 11.6 Å². The molecule has 0 bridgehead atoms. The Morgan fingerprint density at radius 3 is 2.55 bits per heavy atom. The Morgan fingerprint density at radius 2 is 2.05 bits per heavy atom. The van der Waals surface area contributed by atoms with Crippen molar-refractivity contribution in [2.75, 3.05) is 25.1 Å². The summed E-state index contributed by atoms with van der Waals surface area (Å²) in [5.74, 6) is -1.18. The van der Waals surface area contributed by atoms with Gasteiger partial charge in [-0.05, 0) is 19.1 Å². The summed E-state index contributed by atoms with van der Waals surface area (Å²) in [4.78, 5) is 26.9. The van der Waals surface area contributed by atoms with Crippen molar-refractivity contribution in [3.05, 3.63) is 23.4 Å². The number of carbonyl (C=O) groups is 2. The lowest BCUT2D eigenvalue weighted by Crippen LogP contribution is -2.38. The highest BCUT2D eigenvalue weighted by Crippen LogP contribution is 2.16. The molecule has 1 aromatic heterocycles. The van der Waals surface area contributed by atoms with Crippen molar-refractivity contribution in [2.45, 2.75) is 6.92 Å². The molecule has 0 saturated carbocycles. The molecule has 7 nitrogen and oxygen atoms in total. The second-order valence-electron chi connectivity index (χ2n) is 4.36. The number of nitrogens with one attached hydrogen (secondary N) is 1. The molecule has 1 aromatic rings. The van der Waals surface area contributed by atoms with Gasteiger partial charge in [0.2, 0.25) is 0 Å². The first-order chi connectivity index (χ1) is 9.41. The molecule has 0 aliphatic heterocycles. The molecule has 8 heteroatoms. The van der Waals surface area contributed by atoms with Crippen LogP contribution in [-0.4, -0.2) is 46.9 Å². The molecule has 0 aliphatic rings. The van der Waals surface area contributed by atoms with E-state index in [1.54, 1.807) is 6.07 Å². The maximum Gasteiger partial charge on any atom is 0.317 e. The third kappa shape index (κ3) is 4.44. The zero-order valence-corrected chi connectivity index (χ0v) is 11.6. The number of pyridine rings is 1. The number of nitrogens with zero attached hydrogens (tertiary/aromatic N) is 1. The molecule has 0 spiro atoms. The van der Waals surface area contributed by atoms with Crippen LogP contribution in [0.2, 0.25) is 5.02 Å². The van der Waals surface area contributed by atoms with Gasteiger partial charge in [-0.15, -0.1) is 0 Å². The lowest BCUT2D eigenvalue weighted by molar-refractivity contribution is -0.162. The average Bonchev–Trinajstić information content (AvgIpc) is 2.46. The summed E-state index contributed by atoms with van der Waals surface area (Å²) >= 11 is 5.64. The van der Waals surface area contributed by atoms with Gasteiger partial charge in [-0.25, -0.2) is 4.98 Å². The Kier molecular flexibility index (Phi) is 5.87. The summed E-state index contributed by atoms with van der Waals surface area (Å²) in [5.41, 5.74) is -1.43. The van der Waals surface area contributed by atoms with Gasteiger partial charge in [-0.3, -0.25) is 9.59 Å². The summed E-state index contributed by atoms with van der Waals surface area (Å²) in [6.45, 7) is -0.377. The highest BCUT2D eigenvalue weighted by Gasteiger charge is 2.34. The number of amides is 1. The largest absolute Gasteiger partial charge is 0.455 e. The van der Waals surface area contributed by atoms with Crippen molar-refractivity contribution >= 4 is 29.3 Å². The van der Waals surface area contributed by atoms with Crippen LogP contribution in [0.1, 0.15) is 6.92 Å². The molecule has 0 atom stereocenters. The molecule has 0 unspecified atom stereocenters. The number of rotatable bonds is 6. The number of halogens is 1. The first-order valence-corrected chi connectivity index (χ1v) is 6.09. The van der Waals surface area contributed by atoms with Crippen LogP contribution in [0.3, 0.4) is 0 Å². The van der Waals surface area contributed by atoms with Crippen LogP contribution in [0, 0.1) is 5.41 Å². The quantitative estimate of drug-likeness (QED) is 0.648. The molecule has 0 saturated heterocycles. The van der Waals surface area contributed by atoms with E-state index in [9.17, 15) is 9.59 Å². The van der Waals surface area contributed by atoms with Crippen LogP contribution >= 0.6 is 11.6 Å². The maximum absolute atomic E-state index is 11.6. The minimum absolute atomic E-state index is 0.266. The van der Waals surface area contributed by atoms with Gasteiger partial charge in [0.05, 0.1) is 18.2 Å². The Bertz CT molecular complexity index is 473. The number of aromatic nitrogens is 1. The van der Waals surface area contributed by atoms with Crippen molar-refractivity contribution in [1.82, 2.24) is 4.98 Å². The van der Waals surface area contributed by atoms with E-state index in [1.165, 1.54) is 19.2 Å². The highest BCUT2D eigenvalue weighted by atomic mass is 35.5. The minimum atomic E-state index is -1.43. The fourth-order valence-electron chi connectivity index (χ4n) is 1.11. The molecule has 1 rings (SSSR count). The van der Waals surface area contributed by atoms with Gasteiger partial charge < -0.3 is 20.3 Å². The van der Waals surface area contributed by atoms with Gasteiger partial charge in [0, 0.05) is 6.20 Å². The van der Waals surface area contributed by atoms with Gasteiger partial charge in [0.1, 0.15) is 11.2 Å².